The molecule has 0 saturated carbocycles. The highest BCUT2D eigenvalue weighted by molar-refractivity contribution is 7.89. The van der Waals surface area contributed by atoms with Gasteiger partial charge in [-0.1, -0.05) is 36.4 Å². The van der Waals surface area contributed by atoms with Crippen LogP contribution in [0, 0.1) is 0 Å². The third-order valence-electron chi connectivity index (χ3n) is 5.80. The fourth-order valence-electron chi connectivity index (χ4n) is 3.88. The van der Waals surface area contributed by atoms with Gasteiger partial charge >= 0.3 is 0 Å². The first kappa shape index (κ1) is 25.5. The van der Waals surface area contributed by atoms with Gasteiger partial charge in [0.2, 0.25) is 10.0 Å². The fourth-order valence-corrected chi connectivity index (χ4v) is 4.64. The van der Waals surface area contributed by atoms with Crippen LogP contribution in [0.2, 0.25) is 0 Å². The van der Waals surface area contributed by atoms with Crippen LogP contribution in [0.25, 0.3) is 27.5 Å². The molecule has 0 aliphatic heterocycles. The Morgan fingerprint density at radius 2 is 1.73 bits per heavy atom. The second kappa shape index (κ2) is 9.80. The topological polar surface area (TPSA) is 171 Å². The van der Waals surface area contributed by atoms with E-state index < -0.39 is 27.7 Å². The summed E-state index contributed by atoms with van der Waals surface area (Å²) in [5.74, 6) is -2.83. The number of halogens is 1. The summed E-state index contributed by atoms with van der Waals surface area (Å²) in [5, 5.41) is 9.08. The number of nitrogen functional groups attached to an aromatic ring is 1. The number of pyridine rings is 1. The molecule has 0 bridgehead atoms. The number of amides is 2. The van der Waals surface area contributed by atoms with Crippen molar-refractivity contribution in [2.24, 2.45) is 10.9 Å². The van der Waals surface area contributed by atoms with Gasteiger partial charge in [-0.25, -0.2) is 22.9 Å². The average molecular weight is 520 g/mol. The molecule has 3 aromatic carbocycles. The van der Waals surface area contributed by atoms with E-state index in [9.17, 15) is 18.0 Å². The molecule has 37 heavy (non-hydrogen) atoms. The van der Waals surface area contributed by atoms with E-state index in [1.165, 1.54) is 43.3 Å². The number of nitrogens with one attached hydrogen (secondary N) is 1. The summed E-state index contributed by atoms with van der Waals surface area (Å²) in [6.07, 6.45) is 1.56. The van der Waals surface area contributed by atoms with Gasteiger partial charge < -0.3 is 16.8 Å². The van der Waals surface area contributed by atoms with E-state index in [0.29, 0.717) is 16.5 Å². The lowest BCUT2D eigenvalue weighted by Gasteiger charge is -2.13. The number of fused-ring (bicyclic) bond motifs is 1. The molecular weight excluding hydrogens is 497 g/mol. The summed E-state index contributed by atoms with van der Waals surface area (Å²) in [4.78, 5) is 28.8. The molecule has 1 heterocycles. The van der Waals surface area contributed by atoms with E-state index in [4.69, 9.17) is 16.6 Å². The molecule has 4 aromatic rings. The molecule has 0 atom stereocenters. The zero-order chi connectivity index (χ0) is 26.9. The van der Waals surface area contributed by atoms with Gasteiger partial charge in [0.15, 0.2) is 5.83 Å². The normalized spacial score (nSPS) is 12.2. The zero-order valence-corrected chi connectivity index (χ0v) is 20.3. The van der Waals surface area contributed by atoms with Gasteiger partial charge in [-0.3, -0.25) is 9.59 Å². The van der Waals surface area contributed by atoms with E-state index in [1.807, 2.05) is 0 Å². The highest BCUT2D eigenvalue weighted by Gasteiger charge is 2.20. The molecule has 0 fully saturated rings. The predicted molar refractivity (Wildman–Crippen MR) is 140 cm³/mol. The number of rotatable bonds is 6. The zero-order valence-electron chi connectivity index (χ0n) is 19.5. The maximum Gasteiger partial charge on any atom is 0.284 e. The minimum atomic E-state index is -4.06. The van der Waals surface area contributed by atoms with Gasteiger partial charge in [-0.15, -0.1) is 0 Å². The summed E-state index contributed by atoms with van der Waals surface area (Å²) in [5.41, 5.74) is 12.2. The Bertz CT molecular complexity index is 1720. The number of hydrogen-bond acceptors (Lipinski definition) is 6. The minimum Gasteiger partial charge on any atom is -0.383 e. The Morgan fingerprint density at radius 1 is 1.00 bits per heavy atom. The number of primary sulfonamides is 1. The van der Waals surface area contributed by atoms with Crippen molar-refractivity contribution in [2.45, 2.75) is 11.8 Å². The maximum atomic E-state index is 15.1. The number of nitrogens with zero attached hydrogens (tertiary/aromatic N) is 1. The third-order valence-corrected chi connectivity index (χ3v) is 6.77. The van der Waals surface area contributed by atoms with Gasteiger partial charge in [0.05, 0.1) is 16.1 Å². The summed E-state index contributed by atoms with van der Waals surface area (Å²) in [6, 6.07) is 16.8. The number of hydrogen-bond donors (Lipinski definition) is 4. The summed E-state index contributed by atoms with van der Waals surface area (Å²) in [7, 11) is -4.06. The Kier molecular flexibility index (Phi) is 6.75. The number of allylic oxidation sites excluding steroid dienone is 1. The van der Waals surface area contributed by atoms with Crippen LogP contribution in [0.15, 0.2) is 83.6 Å². The van der Waals surface area contributed by atoms with Crippen LogP contribution in [0.1, 0.15) is 22.8 Å². The van der Waals surface area contributed by atoms with Crippen LogP contribution in [0.5, 0.6) is 0 Å². The molecule has 0 aliphatic rings. The van der Waals surface area contributed by atoms with Gasteiger partial charge in [0.25, 0.3) is 11.8 Å². The molecule has 0 unspecified atom stereocenters. The molecule has 0 saturated heterocycles. The van der Waals surface area contributed by atoms with Gasteiger partial charge in [0.1, 0.15) is 5.82 Å². The van der Waals surface area contributed by atoms with Crippen LogP contribution in [-0.4, -0.2) is 25.2 Å². The Morgan fingerprint density at radius 3 is 2.43 bits per heavy atom. The van der Waals surface area contributed by atoms with Crippen molar-refractivity contribution in [1.29, 1.82) is 0 Å². The number of benzene rings is 3. The van der Waals surface area contributed by atoms with E-state index in [-0.39, 0.29) is 33.1 Å². The number of aromatic nitrogens is 1. The van der Waals surface area contributed by atoms with Crippen molar-refractivity contribution in [3.8, 4) is 11.1 Å². The highest BCUT2D eigenvalue weighted by Crippen LogP contribution is 2.31. The molecule has 0 radical (unpaired) electrons. The lowest BCUT2D eigenvalue weighted by molar-refractivity contribution is -0.114. The van der Waals surface area contributed by atoms with E-state index in [2.05, 4.69) is 10.3 Å². The number of sulfonamides is 1. The molecule has 0 spiro atoms. The molecular formula is C26H22FN5O4S. The second-order valence-corrected chi connectivity index (χ2v) is 9.72. The fraction of sp³-hybridized carbons (Fsp3) is 0.0385. The quantitative estimate of drug-likeness (QED) is 0.284. The van der Waals surface area contributed by atoms with Crippen LogP contribution in [0.4, 0.5) is 15.9 Å². The molecule has 9 nitrogen and oxygen atoms in total. The number of nitrogens with two attached hydrogens (primary N) is 3. The van der Waals surface area contributed by atoms with Crippen LogP contribution >= 0.6 is 0 Å². The van der Waals surface area contributed by atoms with E-state index >= 15 is 4.39 Å². The average Bonchev–Trinajstić information content (AvgIpc) is 2.87. The molecule has 4 rings (SSSR count). The van der Waals surface area contributed by atoms with Crippen LogP contribution in [-0.2, 0) is 14.8 Å². The highest BCUT2D eigenvalue weighted by atomic mass is 32.2. The molecule has 2 amide bonds. The summed E-state index contributed by atoms with van der Waals surface area (Å²) >= 11 is 0. The van der Waals surface area contributed by atoms with Gasteiger partial charge in [0, 0.05) is 17.1 Å². The van der Waals surface area contributed by atoms with Crippen molar-refractivity contribution in [1.82, 2.24) is 4.98 Å². The molecule has 0 aliphatic carbocycles. The number of carbonyl (C=O) groups is 2. The largest absolute Gasteiger partial charge is 0.383 e. The lowest BCUT2D eigenvalue weighted by atomic mass is 10.0. The van der Waals surface area contributed by atoms with Crippen molar-refractivity contribution >= 4 is 49.7 Å². The summed E-state index contributed by atoms with van der Waals surface area (Å²) in [6.45, 7) is 1.44. The SMILES string of the molecule is CC(=C(F)C(=O)Nc1ccc(-c2ccccc2S(N)(=O)=O)cc1C(N)=O)c1ccc2ccnc(N)c2c1. The van der Waals surface area contributed by atoms with Gasteiger partial charge in [-0.2, -0.15) is 0 Å². The molecule has 11 heteroatoms. The molecule has 7 N–H and O–H groups in total. The van der Waals surface area contributed by atoms with E-state index in [1.54, 1.807) is 36.5 Å². The van der Waals surface area contributed by atoms with Crippen LogP contribution < -0.4 is 21.9 Å². The number of primary amides is 1. The van der Waals surface area contributed by atoms with Crippen LogP contribution in [0.3, 0.4) is 0 Å². The number of anilines is 2. The van der Waals surface area contributed by atoms with Crippen molar-refractivity contribution in [3.63, 3.8) is 0 Å². The Balaban J connectivity index is 1.69. The Hall–Kier alpha value is -4.61. The molecule has 1 aromatic heterocycles. The monoisotopic (exact) mass is 519 g/mol. The summed E-state index contributed by atoms with van der Waals surface area (Å²) < 4.78 is 39.1. The van der Waals surface area contributed by atoms with Gasteiger partial charge in [-0.05, 0) is 59.3 Å². The lowest BCUT2D eigenvalue weighted by Crippen LogP contribution is -2.19. The Labute approximate surface area is 211 Å². The number of carbonyl (C=O) groups excluding carboxylic acids is 2. The first-order valence-electron chi connectivity index (χ1n) is 10.9. The van der Waals surface area contributed by atoms with Crippen molar-refractivity contribution in [2.75, 3.05) is 11.1 Å². The minimum absolute atomic E-state index is 0.0435. The standard InChI is InChI=1S/C26H22FN5O4S/c1-14(16-7-6-15-10-11-31-24(28)19(15)12-16)23(27)26(34)32-21-9-8-17(13-20(21)25(29)33)18-4-2-3-5-22(18)37(30,35)36/h2-13H,1H3,(H2,28,31)(H2,29,33)(H,32,34)(H2,30,35,36). The maximum absolute atomic E-state index is 15.1. The smallest absolute Gasteiger partial charge is 0.284 e. The first-order chi connectivity index (χ1) is 17.5. The van der Waals surface area contributed by atoms with E-state index in [0.717, 1.165) is 5.39 Å². The third kappa shape index (κ3) is 5.17. The van der Waals surface area contributed by atoms with Crippen molar-refractivity contribution in [3.05, 3.63) is 89.9 Å². The van der Waals surface area contributed by atoms with Crippen molar-refractivity contribution < 1.29 is 22.4 Å². The second-order valence-electron chi connectivity index (χ2n) is 8.19. The molecule has 188 valence electrons. The first-order valence-corrected chi connectivity index (χ1v) is 12.4. The predicted octanol–water partition coefficient (Wildman–Crippen LogP) is 3.57.